The molecule has 0 aliphatic carbocycles. The average molecular weight is 1020 g/mol. The SMILES string of the molecule is CC(C)Cc1cccc2c1oc1c(-n3c4[c-]c(Cc5[c-]c(-n6[c-][n+](-c7c(-c8ccccc8)cccc7-c7ccccc7)c7ccccc76)ccc5)ccc4c4ccccc43)nccc12.[Pt]. The molecule has 5 nitrogen and oxygen atoms in total. The van der Waals surface area contributed by atoms with Crippen molar-refractivity contribution < 1.29 is 30.0 Å². The molecule has 12 aromatic rings. The maximum absolute atomic E-state index is 6.83. The Kier molecular flexibility index (Phi) is 10.4. The number of benzene rings is 8. The summed E-state index contributed by atoms with van der Waals surface area (Å²) in [5.41, 5.74) is 15.7. The molecule has 4 aromatic heterocycles. The largest absolute Gasteiger partial charge is 0.452 e. The fraction of sp³-hybridized carbons (Fsp3) is 0.0847. The molecule has 0 bridgehead atoms. The number of pyridine rings is 1. The van der Waals surface area contributed by atoms with Crippen LogP contribution in [0, 0.1) is 24.4 Å². The molecule has 316 valence electrons. The number of fused-ring (bicyclic) bond motifs is 7. The van der Waals surface area contributed by atoms with E-state index in [1.807, 2.05) is 6.20 Å². The third-order valence-electron chi connectivity index (χ3n) is 12.4. The van der Waals surface area contributed by atoms with Gasteiger partial charge in [0.1, 0.15) is 5.58 Å². The topological polar surface area (TPSA) is 39.8 Å². The molecule has 6 heteroatoms. The van der Waals surface area contributed by atoms with E-state index in [9.17, 15) is 0 Å². The van der Waals surface area contributed by atoms with Crippen LogP contribution < -0.4 is 4.57 Å². The summed E-state index contributed by atoms with van der Waals surface area (Å²) in [6.45, 7) is 4.50. The van der Waals surface area contributed by atoms with E-state index in [1.165, 1.54) is 5.56 Å². The van der Waals surface area contributed by atoms with Crippen LogP contribution in [0.3, 0.4) is 0 Å². The van der Waals surface area contributed by atoms with Crippen LogP contribution >= 0.6 is 0 Å². The first kappa shape index (κ1) is 40.4. The Balaban J connectivity index is 0.00000469. The molecule has 0 saturated heterocycles. The Bertz CT molecular complexity index is 3650. The van der Waals surface area contributed by atoms with Crippen molar-refractivity contribution in [3.05, 3.63) is 223 Å². The second-order valence-corrected chi connectivity index (χ2v) is 17.0. The molecule has 0 N–H and O–H groups in total. The second-order valence-electron chi connectivity index (χ2n) is 17.0. The molecule has 0 aliphatic rings. The Morgan fingerprint density at radius 3 is 1.98 bits per heavy atom. The summed E-state index contributed by atoms with van der Waals surface area (Å²) < 4.78 is 13.4. The van der Waals surface area contributed by atoms with E-state index in [2.05, 4.69) is 228 Å². The summed E-state index contributed by atoms with van der Waals surface area (Å²) in [7, 11) is 0. The van der Waals surface area contributed by atoms with Gasteiger partial charge in [-0.25, -0.2) is 4.98 Å². The molecule has 8 aromatic carbocycles. The third kappa shape index (κ3) is 6.99. The minimum atomic E-state index is 0. The van der Waals surface area contributed by atoms with Gasteiger partial charge >= 0.3 is 0 Å². The van der Waals surface area contributed by atoms with Crippen LogP contribution in [0.2, 0.25) is 0 Å². The molecular weight excluding hydrogens is 976 g/mol. The van der Waals surface area contributed by atoms with Crippen LogP contribution in [-0.2, 0) is 33.9 Å². The monoisotopic (exact) mass is 1020 g/mol. The predicted molar refractivity (Wildman–Crippen MR) is 259 cm³/mol. The van der Waals surface area contributed by atoms with Crippen molar-refractivity contribution in [2.45, 2.75) is 26.7 Å². The van der Waals surface area contributed by atoms with E-state index in [4.69, 9.17) is 9.40 Å². The van der Waals surface area contributed by atoms with E-state index < -0.39 is 0 Å². The first-order valence-electron chi connectivity index (χ1n) is 22.0. The van der Waals surface area contributed by atoms with Gasteiger partial charge in [-0.05, 0) is 69.8 Å². The Hall–Kier alpha value is -7.33. The van der Waals surface area contributed by atoms with Gasteiger partial charge < -0.3 is 13.6 Å². The van der Waals surface area contributed by atoms with Crippen molar-refractivity contribution in [1.82, 2.24) is 14.1 Å². The van der Waals surface area contributed by atoms with Crippen molar-refractivity contribution in [1.29, 1.82) is 0 Å². The molecule has 0 radical (unpaired) electrons. The summed E-state index contributed by atoms with van der Waals surface area (Å²) in [5, 5.41) is 4.45. The number of hydrogen-bond donors (Lipinski definition) is 0. The summed E-state index contributed by atoms with van der Waals surface area (Å²) in [6.07, 6.45) is 7.30. The number of aromatic nitrogens is 4. The molecule has 0 unspecified atom stereocenters. The summed E-state index contributed by atoms with van der Waals surface area (Å²) in [4.78, 5) is 5.02. The van der Waals surface area contributed by atoms with Gasteiger partial charge in [0.2, 0.25) is 0 Å². The van der Waals surface area contributed by atoms with E-state index in [1.54, 1.807) is 0 Å². The zero-order chi connectivity index (χ0) is 42.7. The normalized spacial score (nSPS) is 11.7. The first-order valence-corrected chi connectivity index (χ1v) is 22.0. The van der Waals surface area contributed by atoms with Crippen molar-refractivity contribution in [3.63, 3.8) is 0 Å². The fourth-order valence-electron chi connectivity index (χ4n) is 9.62. The van der Waals surface area contributed by atoms with E-state index >= 15 is 0 Å². The summed E-state index contributed by atoms with van der Waals surface area (Å²) in [5.74, 6) is 1.28. The van der Waals surface area contributed by atoms with Gasteiger partial charge in [0.25, 0.3) is 6.33 Å². The van der Waals surface area contributed by atoms with Gasteiger partial charge in [-0.15, -0.1) is 5.39 Å². The zero-order valence-electron chi connectivity index (χ0n) is 35.9. The van der Waals surface area contributed by atoms with Crippen molar-refractivity contribution in [3.8, 4) is 39.4 Å². The minimum absolute atomic E-state index is 0. The summed E-state index contributed by atoms with van der Waals surface area (Å²) in [6, 6.07) is 71.9. The maximum Gasteiger partial charge on any atom is 0.268 e. The molecule has 0 atom stereocenters. The van der Waals surface area contributed by atoms with Gasteiger partial charge in [0, 0.05) is 43.6 Å². The van der Waals surface area contributed by atoms with Crippen molar-refractivity contribution in [2.75, 3.05) is 0 Å². The molecule has 0 aliphatic heterocycles. The van der Waals surface area contributed by atoms with Crippen molar-refractivity contribution in [2.24, 2.45) is 5.92 Å². The molecule has 0 fully saturated rings. The Morgan fingerprint density at radius 2 is 1.22 bits per heavy atom. The molecule has 0 saturated carbocycles. The van der Waals surface area contributed by atoms with Gasteiger partial charge in [-0.3, -0.25) is 4.57 Å². The zero-order valence-corrected chi connectivity index (χ0v) is 38.2. The fourth-order valence-corrected chi connectivity index (χ4v) is 9.62. The molecule has 4 heterocycles. The number of nitrogens with zero attached hydrogens (tertiary/aromatic N) is 4. The van der Waals surface area contributed by atoms with Gasteiger partial charge in [0.05, 0.1) is 16.7 Å². The predicted octanol–water partition coefficient (Wildman–Crippen LogP) is 13.8. The van der Waals surface area contributed by atoms with Crippen LogP contribution in [0.1, 0.15) is 30.5 Å². The quantitative estimate of drug-likeness (QED) is 0.107. The molecule has 0 spiro atoms. The van der Waals surface area contributed by atoms with Gasteiger partial charge in [-0.2, -0.15) is 53.6 Å². The van der Waals surface area contributed by atoms with Crippen molar-refractivity contribution >= 4 is 54.8 Å². The van der Waals surface area contributed by atoms with Gasteiger partial charge in [-0.1, -0.05) is 159 Å². The first-order chi connectivity index (χ1) is 31.6. The summed E-state index contributed by atoms with van der Waals surface area (Å²) >= 11 is 0. The minimum Gasteiger partial charge on any atom is -0.452 e. The molecular formula is C59H42N4OPt-2. The number of hydrogen-bond acceptors (Lipinski definition) is 2. The molecule has 0 amide bonds. The Labute approximate surface area is 392 Å². The standard InChI is InChI=1S/C59H42N4O.Pt/c1-39(2)34-44-21-14-26-50-51-32-33-60-59(58(51)64-57(44)50)63-52-27-10-9-23-48(52)49-31-30-41(37-55(49)63)35-40-16-13-22-45(36-40)61-38-62(54-29-12-11-28-53(54)61)56-46(42-17-5-3-6-18-42)24-15-25-47(56)43-19-7-4-8-20-43;/h3-33,39H,34-35H2,1-2H3;/q-2;. The third-order valence-corrected chi connectivity index (χ3v) is 12.4. The van der Waals surface area contributed by atoms with E-state index in [-0.39, 0.29) is 21.1 Å². The number of imidazole rings is 1. The van der Waals surface area contributed by atoms with E-state index in [0.717, 1.165) is 112 Å². The van der Waals surface area contributed by atoms with Crippen LogP contribution in [0.15, 0.2) is 193 Å². The number of furan rings is 1. The maximum atomic E-state index is 6.83. The van der Waals surface area contributed by atoms with E-state index in [0.29, 0.717) is 12.3 Å². The molecule has 12 rings (SSSR count). The number of para-hydroxylation sites is 5. The van der Waals surface area contributed by atoms with Crippen LogP contribution in [0.4, 0.5) is 0 Å². The average Bonchev–Trinajstić information content (AvgIpc) is 4.02. The van der Waals surface area contributed by atoms with Gasteiger partial charge in [0.15, 0.2) is 11.4 Å². The van der Waals surface area contributed by atoms with Crippen LogP contribution in [-0.4, -0.2) is 14.1 Å². The molecule has 65 heavy (non-hydrogen) atoms. The van der Waals surface area contributed by atoms with Crippen LogP contribution in [0.5, 0.6) is 0 Å². The second kappa shape index (κ2) is 16.7. The van der Waals surface area contributed by atoms with Crippen LogP contribution in [0.25, 0.3) is 94.2 Å². The number of rotatable bonds is 9. The Morgan fingerprint density at radius 1 is 0.569 bits per heavy atom. The smallest absolute Gasteiger partial charge is 0.268 e.